The van der Waals surface area contributed by atoms with Crippen LogP contribution in [-0.4, -0.2) is 38.3 Å². The second-order valence-corrected chi connectivity index (χ2v) is 5.30. The first-order chi connectivity index (χ1) is 9.78. The van der Waals surface area contributed by atoms with E-state index < -0.39 is 0 Å². The Hall–Kier alpha value is -1.58. The van der Waals surface area contributed by atoms with E-state index in [0.717, 1.165) is 32.1 Å². The Balaban J connectivity index is 1.88. The van der Waals surface area contributed by atoms with Gasteiger partial charge in [-0.2, -0.15) is 0 Å². The number of fused-ring (bicyclic) bond motifs is 1. The molecule has 0 saturated carbocycles. The van der Waals surface area contributed by atoms with Gasteiger partial charge in [-0.15, -0.1) is 0 Å². The van der Waals surface area contributed by atoms with Gasteiger partial charge in [0.25, 0.3) is 0 Å². The van der Waals surface area contributed by atoms with Crippen molar-refractivity contribution in [3.05, 3.63) is 42.0 Å². The smallest absolute Gasteiger partial charge is 0.119 e. The van der Waals surface area contributed by atoms with Crippen molar-refractivity contribution in [2.75, 3.05) is 33.4 Å². The van der Waals surface area contributed by atoms with Crippen LogP contribution in [0.5, 0.6) is 5.75 Å². The molecule has 1 heterocycles. The van der Waals surface area contributed by atoms with Gasteiger partial charge >= 0.3 is 0 Å². The maximum atomic E-state index is 5.43. The number of hydrogen-bond donors (Lipinski definition) is 0. The van der Waals surface area contributed by atoms with Crippen LogP contribution in [0.25, 0.3) is 10.8 Å². The van der Waals surface area contributed by atoms with Crippen LogP contribution in [0.1, 0.15) is 18.5 Å². The zero-order valence-corrected chi connectivity index (χ0v) is 12.1. The number of benzene rings is 2. The highest BCUT2D eigenvalue weighted by Gasteiger charge is 2.18. The lowest BCUT2D eigenvalue weighted by Crippen LogP contribution is -2.37. The molecule has 0 aromatic heterocycles. The summed E-state index contributed by atoms with van der Waals surface area (Å²) in [4.78, 5) is 2.48. The third-order valence-electron chi connectivity index (χ3n) is 4.15. The summed E-state index contributed by atoms with van der Waals surface area (Å²) < 4.78 is 10.7. The maximum Gasteiger partial charge on any atom is 0.119 e. The summed E-state index contributed by atoms with van der Waals surface area (Å²) in [7, 11) is 1.70. The lowest BCUT2D eigenvalue weighted by molar-refractivity contribution is 0.0199. The highest BCUT2D eigenvalue weighted by molar-refractivity contribution is 5.84. The molecule has 1 unspecified atom stereocenters. The van der Waals surface area contributed by atoms with Crippen molar-refractivity contribution >= 4 is 10.8 Å². The quantitative estimate of drug-likeness (QED) is 0.855. The Kier molecular flexibility index (Phi) is 3.90. The first kappa shape index (κ1) is 13.4. The summed E-state index contributed by atoms with van der Waals surface area (Å²) >= 11 is 0. The fraction of sp³-hybridized carbons (Fsp3) is 0.412. The number of methoxy groups -OCH3 is 1. The summed E-state index contributed by atoms with van der Waals surface area (Å²) in [5.74, 6) is 0.909. The lowest BCUT2D eigenvalue weighted by atomic mass is 10.0. The summed E-state index contributed by atoms with van der Waals surface area (Å²) in [6.45, 7) is 5.99. The van der Waals surface area contributed by atoms with Crippen molar-refractivity contribution in [1.29, 1.82) is 0 Å². The van der Waals surface area contributed by atoms with Crippen LogP contribution in [0.4, 0.5) is 0 Å². The van der Waals surface area contributed by atoms with E-state index >= 15 is 0 Å². The molecule has 2 aromatic carbocycles. The molecule has 3 rings (SSSR count). The number of ether oxygens (including phenoxy) is 2. The monoisotopic (exact) mass is 271 g/mol. The Morgan fingerprint density at radius 3 is 2.50 bits per heavy atom. The Labute approximate surface area is 120 Å². The van der Waals surface area contributed by atoms with Crippen molar-refractivity contribution < 1.29 is 9.47 Å². The van der Waals surface area contributed by atoms with E-state index in [1.165, 1.54) is 16.3 Å². The molecule has 0 N–H and O–H groups in total. The van der Waals surface area contributed by atoms with Gasteiger partial charge in [0.2, 0.25) is 0 Å². The van der Waals surface area contributed by atoms with E-state index in [4.69, 9.17) is 9.47 Å². The molecule has 2 aromatic rings. The number of hydrogen-bond acceptors (Lipinski definition) is 3. The third-order valence-corrected chi connectivity index (χ3v) is 4.15. The van der Waals surface area contributed by atoms with Gasteiger partial charge in [0.05, 0.1) is 20.3 Å². The van der Waals surface area contributed by atoms with Crippen molar-refractivity contribution in [2.24, 2.45) is 0 Å². The van der Waals surface area contributed by atoms with Gasteiger partial charge < -0.3 is 9.47 Å². The molecule has 0 bridgehead atoms. The van der Waals surface area contributed by atoms with E-state index in [1.54, 1.807) is 7.11 Å². The van der Waals surface area contributed by atoms with Crippen molar-refractivity contribution in [1.82, 2.24) is 4.90 Å². The molecule has 0 amide bonds. The Morgan fingerprint density at radius 2 is 1.75 bits per heavy atom. The molecule has 1 atom stereocenters. The van der Waals surface area contributed by atoms with Crippen LogP contribution in [0.15, 0.2) is 36.4 Å². The zero-order chi connectivity index (χ0) is 13.9. The molecular formula is C17H21NO2. The van der Waals surface area contributed by atoms with E-state index in [1.807, 2.05) is 6.07 Å². The van der Waals surface area contributed by atoms with Gasteiger partial charge in [-0.3, -0.25) is 4.90 Å². The molecule has 1 saturated heterocycles. The molecule has 0 radical (unpaired) electrons. The van der Waals surface area contributed by atoms with Crippen LogP contribution in [0.3, 0.4) is 0 Å². The number of nitrogens with zero attached hydrogens (tertiary/aromatic N) is 1. The second kappa shape index (κ2) is 5.81. The normalized spacial score (nSPS) is 18.1. The van der Waals surface area contributed by atoms with Gasteiger partial charge in [-0.1, -0.05) is 18.2 Å². The van der Waals surface area contributed by atoms with Crippen LogP contribution in [0, 0.1) is 0 Å². The Bertz CT molecular complexity index is 591. The van der Waals surface area contributed by atoms with Crippen LogP contribution in [0.2, 0.25) is 0 Å². The van der Waals surface area contributed by atoms with E-state index in [9.17, 15) is 0 Å². The van der Waals surface area contributed by atoms with Crippen LogP contribution < -0.4 is 4.74 Å². The molecule has 1 fully saturated rings. The SMILES string of the molecule is COc1ccc2cc(C(C)N3CCOCC3)ccc2c1. The second-order valence-electron chi connectivity index (χ2n) is 5.30. The van der Waals surface area contributed by atoms with Gasteiger partial charge in [0.1, 0.15) is 5.75 Å². The van der Waals surface area contributed by atoms with Crippen molar-refractivity contribution in [3.8, 4) is 5.75 Å². The lowest BCUT2D eigenvalue weighted by Gasteiger charge is -2.32. The predicted molar refractivity (Wildman–Crippen MR) is 81.3 cm³/mol. The molecule has 1 aliphatic rings. The average molecular weight is 271 g/mol. The average Bonchev–Trinajstić information content (AvgIpc) is 2.54. The first-order valence-corrected chi connectivity index (χ1v) is 7.17. The topological polar surface area (TPSA) is 21.7 Å². The van der Waals surface area contributed by atoms with E-state index in [0.29, 0.717) is 6.04 Å². The molecule has 0 spiro atoms. The van der Waals surface area contributed by atoms with Crippen LogP contribution in [-0.2, 0) is 4.74 Å². The minimum atomic E-state index is 0.436. The molecule has 3 heteroatoms. The summed E-state index contributed by atoms with van der Waals surface area (Å²) in [5.41, 5.74) is 1.37. The highest BCUT2D eigenvalue weighted by Crippen LogP contribution is 2.27. The van der Waals surface area contributed by atoms with Crippen LogP contribution >= 0.6 is 0 Å². The predicted octanol–water partition coefficient (Wildman–Crippen LogP) is 3.24. The highest BCUT2D eigenvalue weighted by atomic mass is 16.5. The summed E-state index contributed by atoms with van der Waals surface area (Å²) in [5, 5.41) is 2.49. The molecule has 1 aliphatic heterocycles. The first-order valence-electron chi connectivity index (χ1n) is 7.17. The van der Waals surface area contributed by atoms with Gasteiger partial charge in [-0.25, -0.2) is 0 Å². The summed E-state index contributed by atoms with van der Waals surface area (Å²) in [6, 6.07) is 13.4. The Morgan fingerprint density at radius 1 is 1.05 bits per heavy atom. The minimum Gasteiger partial charge on any atom is -0.497 e. The van der Waals surface area contributed by atoms with E-state index in [-0.39, 0.29) is 0 Å². The minimum absolute atomic E-state index is 0.436. The summed E-state index contributed by atoms with van der Waals surface area (Å²) in [6.07, 6.45) is 0. The zero-order valence-electron chi connectivity index (χ0n) is 12.1. The molecule has 20 heavy (non-hydrogen) atoms. The molecule has 3 nitrogen and oxygen atoms in total. The number of morpholine rings is 1. The maximum absolute atomic E-state index is 5.43. The van der Waals surface area contributed by atoms with Gasteiger partial charge in [-0.05, 0) is 41.5 Å². The largest absolute Gasteiger partial charge is 0.497 e. The van der Waals surface area contributed by atoms with Crippen molar-refractivity contribution in [3.63, 3.8) is 0 Å². The third kappa shape index (κ3) is 2.65. The van der Waals surface area contributed by atoms with Gasteiger partial charge in [0, 0.05) is 19.1 Å². The van der Waals surface area contributed by atoms with Crippen molar-refractivity contribution in [2.45, 2.75) is 13.0 Å². The fourth-order valence-corrected chi connectivity index (χ4v) is 2.80. The molecule has 106 valence electrons. The molecular weight excluding hydrogens is 250 g/mol. The van der Waals surface area contributed by atoms with Gasteiger partial charge in [0.15, 0.2) is 0 Å². The molecule has 0 aliphatic carbocycles. The number of rotatable bonds is 3. The van der Waals surface area contributed by atoms with E-state index in [2.05, 4.69) is 42.2 Å². The standard InChI is InChI=1S/C17H21NO2/c1-13(18-7-9-20-10-8-18)14-3-4-16-12-17(19-2)6-5-15(16)11-14/h3-6,11-13H,7-10H2,1-2H3. The fourth-order valence-electron chi connectivity index (χ4n) is 2.80.